The maximum atomic E-state index is 13.1. The van der Waals surface area contributed by atoms with Crippen LogP contribution >= 0.6 is 15.9 Å². The summed E-state index contributed by atoms with van der Waals surface area (Å²) >= 11 is 3.21. The first-order chi connectivity index (χ1) is 9.60. The van der Waals surface area contributed by atoms with Crippen molar-refractivity contribution in [2.24, 2.45) is 0 Å². The summed E-state index contributed by atoms with van der Waals surface area (Å²) in [4.78, 5) is 14.0. The van der Waals surface area contributed by atoms with Crippen LogP contribution in [0, 0.1) is 5.82 Å². The van der Waals surface area contributed by atoms with Crippen molar-refractivity contribution in [1.82, 2.24) is 4.90 Å². The van der Waals surface area contributed by atoms with Crippen LogP contribution in [0.1, 0.15) is 43.0 Å². The van der Waals surface area contributed by atoms with Crippen LogP contribution in [0.5, 0.6) is 0 Å². The number of carbonyl (C=O) groups is 1. The molecule has 0 spiro atoms. The lowest BCUT2D eigenvalue weighted by atomic mass is 10.1. The van der Waals surface area contributed by atoms with E-state index in [1.807, 2.05) is 0 Å². The third-order valence-electron chi connectivity index (χ3n) is 3.10. The Kier molecular flexibility index (Phi) is 7.77. The zero-order chi connectivity index (χ0) is 15.0. The van der Waals surface area contributed by atoms with Crippen LogP contribution in [0.4, 0.5) is 4.39 Å². The van der Waals surface area contributed by atoms with Crippen molar-refractivity contribution in [3.8, 4) is 0 Å². The molecule has 0 aromatic heterocycles. The van der Waals surface area contributed by atoms with E-state index < -0.39 is 0 Å². The van der Waals surface area contributed by atoms with Gasteiger partial charge >= 0.3 is 0 Å². The van der Waals surface area contributed by atoms with Crippen LogP contribution < -0.4 is 0 Å². The SMILES string of the molecule is CCCCCCN(CCO)C(=O)c1ccc(F)cc1Br. The van der Waals surface area contributed by atoms with Gasteiger partial charge in [-0.25, -0.2) is 4.39 Å². The van der Waals surface area contributed by atoms with Crippen molar-refractivity contribution < 1.29 is 14.3 Å². The van der Waals surface area contributed by atoms with Crippen molar-refractivity contribution in [3.05, 3.63) is 34.1 Å². The lowest BCUT2D eigenvalue weighted by Gasteiger charge is -2.22. The summed E-state index contributed by atoms with van der Waals surface area (Å²) in [6.45, 7) is 2.97. The second kappa shape index (κ2) is 9.08. The van der Waals surface area contributed by atoms with Crippen LogP contribution in [-0.4, -0.2) is 35.6 Å². The monoisotopic (exact) mass is 345 g/mol. The van der Waals surface area contributed by atoms with Crippen molar-refractivity contribution >= 4 is 21.8 Å². The molecule has 1 rings (SSSR count). The normalized spacial score (nSPS) is 10.6. The zero-order valence-corrected chi connectivity index (χ0v) is 13.3. The molecule has 1 N–H and O–H groups in total. The fourth-order valence-corrected chi connectivity index (χ4v) is 2.52. The summed E-state index contributed by atoms with van der Waals surface area (Å²) in [5.41, 5.74) is 0.426. The van der Waals surface area contributed by atoms with Crippen molar-refractivity contribution in [2.45, 2.75) is 32.6 Å². The molecule has 0 unspecified atom stereocenters. The minimum Gasteiger partial charge on any atom is -0.395 e. The lowest BCUT2D eigenvalue weighted by Crippen LogP contribution is -2.34. The van der Waals surface area contributed by atoms with Gasteiger partial charge in [0, 0.05) is 17.6 Å². The van der Waals surface area contributed by atoms with Crippen LogP contribution in [0.25, 0.3) is 0 Å². The fraction of sp³-hybridized carbons (Fsp3) is 0.533. The van der Waals surface area contributed by atoms with Crippen LogP contribution in [0.15, 0.2) is 22.7 Å². The van der Waals surface area contributed by atoms with Crippen LogP contribution in [0.2, 0.25) is 0 Å². The first-order valence-corrected chi connectivity index (χ1v) is 7.74. The highest BCUT2D eigenvalue weighted by atomic mass is 79.9. The maximum Gasteiger partial charge on any atom is 0.255 e. The molecular weight excluding hydrogens is 325 g/mol. The molecule has 5 heteroatoms. The predicted molar refractivity (Wildman–Crippen MR) is 81.2 cm³/mol. The molecule has 0 aliphatic heterocycles. The molecule has 0 fully saturated rings. The quantitative estimate of drug-likeness (QED) is 0.731. The molecule has 0 atom stereocenters. The largest absolute Gasteiger partial charge is 0.395 e. The third kappa shape index (κ3) is 5.21. The molecular formula is C15H21BrFNO2. The number of hydrogen-bond donors (Lipinski definition) is 1. The van der Waals surface area contributed by atoms with E-state index in [1.54, 1.807) is 4.90 Å². The minimum atomic E-state index is -0.384. The highest BCUT2D eigenvalue weighted by Crippen LogP contribution is 2.20. The second-order valence-corrected chi connectivity index (χ2v) is 5.55. The van der Waals surface area contributed by atoms with Gasteiger partial charge in [-0.3, -0.25) is 4.79 Å². The predicted octanol–water partition coefficient (Wildman–Crippen LogP) is 3.60. The molecule has 1 aromatic rings. The van der Waals surface area contributed by atoms with Gasteiger partial charge in [0.2, 0.25) is 0 Å². The summed E-state index contributed by atoms with van der Waals surface area (Å²) in [7, 11) is 0. The summed E-state index contributed by atoms with van der Waals surface area (Å²) < 4.78 is 13.5. The molecule has 1 amide bonds. The number of aliphatic hydroxyl groups excluding tert-OH is 1. The molecule has 0 bridgehead atoms. The second-order valence-electron chi connectivity index (χ2n) is 4.70. The average molecular weight is 346 g/mol. The topological polar surface area (TPSA) is 40.5 Å². The molecule has 3 nitrogen and oxygen atoms in total. The van der Waals surface area contributed by atoms with Crippen LogP contribution in [-0.2, 0) is 0 Å². The average Bonchev–Trinajstić information content (AvgIpc) is 2.41. The molecule has 0 saturated carbocycles. The maximum absolute atomic E-state index is 13.1. The lowest BCUT2D eigenvalue weighted by molar-refractivity contribution is 0.0717. The molecule has 0 aliphatic carbocycles. The molecule has 0 radical (unpaired) electrons. The summed E-state index contributed by atoms with van der Waals surface area (Å²) in [6, 6.07) is 4.02. The van der Waals surface area contributed by atoms with Gasteiger partial charge in [0.05, 0.1) is 12.2 Å². The van der Waals surface area contributed by atoms with Crippen molar-refractivity contribution in [1.29, 1.82) is 0 Å². The number of halogens is 2. The van der Waals surface area contributed by atoms with E-state index in [1.165, 1.54) is 18.2 Å². The Bertz CT molecular complexity index is 440. The zero-order valence-electron chi connectivity index (χ0n) is 11.7. The first kappa shape index (κ1) is 17.1. The third-order valence-corrected chi connectivity index (χ3v) is 3.76. The number of unbranched alkanes of at least 4 members (excludes halogenated alkanes) is 3. The van der Waals surface area contributed by atoms with Gasteiger partial charge in [0.15, 0.2) is 0 Å². The van der Waals surface area contributed by atoms with E-state index in [-0.39, 0.29) is 18.3 Å². The summed E-state index contributed by atoms with van der Waals surface area (Å²) in [6.07, 6.45) is 4.26. The van der Waals surface area contributed by atoms with E-state index in [0.29, 0.717) is 23.1 Å². The Morgan fingerprint density at radius 3 is 2.65 bits per heavy atom. The Morgan fingerprint density at radius 1 is 1.30 bits per heavy atom. The van der Waals surface area contributed by atoms with Crippen molar-refractivity contribution in [3.63, 3.8) is 0 Å². The Morgan fingerprint density at radius 2 is 2.05 bits per heavy atom. The van der Waals surface area contributed by atoms with Crippen molar-refractivity contribution in [2.75, 3.05) is 19.7 Å². The first-order valence-electron chi connectivity index (χ1n) is 6.95. The molecule has 0 heterocycles. The van der Waals surface area contributed by atoms with Gasteiger partial charge in [0.25, 0.3) is 5.91 Å². The Hall–Kier alpha value is -0.940. The smallest absolute Gasteiger partial charge is 0.255 e. The van der Waals surface area contributed by atoms with E-state index >= 15 is 0 Å². The highest BCUT2D eigenvalue weighted by Gasteiger charge is 2.17. The Labute approximate surface area is 127 Å². The van der Waals surface area contributed by atoms with Gasteiger partial charge < -0.3 is 10.0 Å². The standard InChI is InChI=1S/C15H21BrFNO2/c1-2-3-4-5-8-18(9-10-19)15(20)13-7-6-12(17)11-14(13)16/h6-7,11,19H,2-5,8-10H2,1H3. The Balaban J connectivity index is 2.72. The number of amides is 1. The van der Waals surface area contributed by atoms with E-state index in [9.17, 15) is 9.18 Å². The highest BCUT2D eigenvalue weighted by molar-refractivity contribution is 9.10. The van der Waals surface area contributed by atoms with E-state index in [4.69, 9.17) is 5.11 Å². The van der Waals surface area contributed by atoms with Crippen LogP contribution in [0.3, 0.4) is 0 Å². The number of rotatable bonds is 8. The minimum absolute atomic E-state index is 0.0711. The van der Waals surface area contributed by atoms with E-state index in [2.05, 4.69) is 22.9 Å². The van der Waals surface area contributed by atoms with E-state index in [0.717, 1.165) is 25.7 Å². The number of benzene rings is 1. The molecule has 112 valence electrons. The van der Waals surface area contributed by atoms with Gasteiger partial charge in [-0.05, 0) is 40.5 Å². The summed E-state index contributed by atoms with van der Waals surface area (Å²) in [5, 5.41) is 9.08. The molecule has 20 heavy (non-hydrogen) atoms. The molecule has 0 saturated heterocycles. The fourth-order valence-electron chi connectivity index (χ4n) is 2.00. The molecule has 1 aromatic carbocycles. The number of aliphatic hydroxyl groups is 1. The van der Waals surface area contributed by atoms with Gasteiger partial charge in [-0.1, -0.05) is 26.2 Å². The molecule has 0 aliphatic rings. The number of carbonyl (C=O) groups excluding carboxylic acids is 1. The van der Waals surface area contributed by atoms with Gasteiger partial charge in [-0.15, -0.1) is 0 Å². The number of hydrogen-bond acceptors (Lipinski definition) is 2. The van der Waals surface area contributed by atoms with Gasteiger partial charge in [-0.2, -0.15) is 0 Å². The number of nitrogens with zero attached hydrogens (tertiary/aromatic N) is 1. The van der Waals surface area contributed by atoms with Gasteiger partial charge in [0.1, 0.15) is 5.82 Å². The summed E-state index contributed by atoms with van der Waals surface area (Å²) in [5.74, 6) is -0.562.